The van der Waals surface area contributed by atoms with E-state index in [0.29, 0.717) is 11.8 Å². The van der Waals surface area contributed by atoms with Crippen LogP contribution in [0.25, 0.3) is 0 Å². The third-order valence-electron chi connectivity index (χ3n) is 1.57. The Balaban J connectivity index is 3.29. The first-order valence-electron chi connectivity index (χ1n) is 4.26. The van der Waals surface area contributed by atoms with E-state index in [1.54, 1.807) is 0 Å². The molecule has 0 aliphatic carbocycles. The molecule has 16 heavy (non-hydrogen) atoms. The van der Waals surface area contributed by atoms with E-state index in [9.17, 15) is 24.0 Å². The molecule has 0 saturated heterocycles. The van der Waals surface area contributed by atoms with Gasteiger partial charge in [-0.2, -0.15) is 4.39 Å². The maximum Gasteiger partial charge on any atom is 0.321 e. The second kappa shape index (κ2) is 4.34. The topological polar surface area (TPSA) is 63.4 Å². The minimum Gasteiger partial charge on any atom is -0.380 e. The fourth-order valence-electron chi connectivity index (χ4n) is 1.04. The van der Waals surface area contributed by atoms with Gasteiger partial charge in [0.15, 0.2) is 5.82 Å². The van der Waals surface area contributed by atoms with Gasteiger partial charge in [-0.25, -0.2) is 4.39 Å². The van der Waals surface area contributed by atoms with E-state index in [2.05, 4.69) is 0 Å². The number of halogens is 2. The molecule has 88 valence electrons. The molecule has 0 bridgehead atoms. The summed E-state index contributed by atoms with van der Waals surface area (Å²) in [5, 5.41) is 20.0. The lowest BCUT2D eigenvalue weighted by Crippen LogP contribution is -2.13. The van der Waals surface area contributed by atoms with E-state index in [4.69, 9.17) is 0 Å². The van der Waals surface area contributed by atoms with E-state index in [-0.39, 0.29) is 4.90 Å². The minimum atomic E-state index is -1.51. The second-order valence-corrected chi connectivity index (χ2v) is 5.16. The molecular formula is C9H9F2NO3S. The molecule has 1 rings (SSSR count). The van der Waals surface area contributed by atoms with Gasteiger partial charge in [0, 0.05) is 0 Å². The van der Waals surface area contributed by atoms with E-state index >= 15 is 0 Å². The number of aliphatic hydroxyl groups is 1. The summed E-state index contributed by atoms with van der Waals surface area (Å²) in [5.41, 5.74) is -0.952. The van der Waals surface area contributed by atoms with Crippen LogP contribution in [-0.4, -0.2) is 15.0 Å². The van der Waals surface area contributed by atoms with Gasteiger partial charge in [0.2, 0.25) is 5.82 Å². The molecule has 0 fully saturated rings. The van der Waals surface area contributed by atoms with E-state index < -0.39 is 27.2 Å². The Hall–Kier alpha value is -1.21. The van der Waals surface area contributed by atoms with Gasteiger partial charge in [-0.05, 0) is 26.0 Å². The van der Waals surface area contributed by atoms with Crippen molar-refractivity contribution in [2.24, 2.45) is 0 Å². The third kappa shape index (κ3) is 2.89. The number of nitro benzene ring substituents is 1. The van der Waals surface area contributed by atoms with Gasteiger partial charge in [-0.1, -0.05) is 11.8 Å². The number of hydrogen-bond acceptors (Lipinski definition) is 4. The quantitative estimate of drug-likeness (QED) is 0.387. The Morgan fingerprint density at radius 1 is 1.44 bits per heavy atom. The van der Waals surface area contributed by atoms with Crippen LogP contribution in [0.3, 0.4) is 0 Å². The molecule has 0 aliphatic rings. The predicted octanol–water partition coefficient (Wildman–Crippen LogP) is 2.69. The van der Waals surface area contributed by atoms with E-state index in [1.807, 2.05) is 0 Å². The first-order chi connectivity index (χ1) is 7.22. The van der Waals surface area contributed by atoms with E-state index in [1.165, 1.54) is 13.8 Å². The molecule has 1 aromatic carbocycles. The van der Waals surface area contributed by atoms with Crippen LogP contribution < -0.4 is 0 Å². The third-order valence-corrected chi connectivity index (χ3v) is 2.62. The summed E-state index contributed by atoms with van der Waals surface area (Å²) < 4.78 is 26.0. The highest BCUT2D eigenvalue weighted by molar-refractivity contribution is 8.00. The van der Waals surface area contributed by atoms with E-state index in [0.717, 1.165) is 12.1 Å². The molecule has 0 amide bonds. The van der Waals surface area contributed by atoms with Crippen molar-refractivity contribution in [3.63, 3.8) is 0 Å². The van der Waals surface area contributed by atoms with Gasteiger partial charge in [0.25, 0.3) is 0 Å². The number of nitro groups is 1. The van der Waals surface area contributed by atoms with Crippen LogP contribution in [-0.2, 0) is 0 Å². The van der Waals surface area contributed by atoms with Gasteiger partial charge in [-0.3, -0.25) is 10.1 Å². The van der Waals surface area contributed by atoms with Gasteiger partial charge in [0.05, 0.1) is 9.82 Å². The lowest BCUT2D eigenvalue weighted by atomic mass is 10.3. The highest BCUT2D eigenvalue weighted by Gasteiger charge is 2.28. The highest BCUT2D eigenvalue weighted by Crippen LogP contribution is 2.38. The average Bonchev–Trinajstić information content (AvgIpc) is 2.08. The fourth-order valence-corrected chi connectivity index (χ4v) is 1.98. The first kappa shape index (κ1) is 12.9. The summed E-state index contributed by atoms with van der Waals surface area (Å²) in [4.78, 5) is 8.15. The van der Waals surface area contributed by atoms with Crippen molar-refractivity contribution in [1.29, 1.82) is 0 Å². The fraction of sp³-hybridized carbons (Fsp3) is 0.333. The van der Waals surface area contributed by atoms with Crippen LogP contribution in [0.5, 0.6) is 0 Å². The minimum absolute atomic E-state index is 0.114. The van der Waals surface area contributed by atoms with Crippen molar-refractivity contribution in [3.8, 4) is 0 Å². The Bertz CT molecular complexity index is 431. The average molecular weight is 249 g/mol. The zero-order valence-electron chi connectivity index (χ0n) is 8.53. The Morgan fingerprint density at radius 3 is 2.44 bits per heavy atom. The largest absolute Gasteiger partial charge is 0.380 e. The van der Waals surface area contributed by atoms with Crippen LogP contribution in [0.2, 0.25) is 0 Å². The summed E-state index contributed by atoms with van der Waals surface area (Å²) in [7, 11) is 0. The number of nitrogens with zero attached hydrogens (tertiary/aromatic N) is 1. The monoisotopic (exact) mass is 249 g/mol. The molecule has 0 saturated carbocycles. The van der Waals surface area contributed by atoms with Crippen LogP contribution in [0.1, 0.15) is 13.8 Å². The highest BCUT2D eigenvalue weighted by atomic mass is 32.2. The first-order valence-corrected chi connectivity index (χ1v) is 5.08. The summed E-state index contributed by atoms with van der Waals surface area (Å²) in [6.07, 6.45) is 0. The van der Waals surface area contributed by atoms with Gasteiger partial charge in [0.1, 0.15) is 4.93 Å². The van der Waals surface area contributed by atoms with Crippen molar-refractivity contribution < 1.29 is 18.8 Å². The second-order valence-electron chi connectivity index (χ2n) is 3.51. The molecule has 0 aromatic heterocycles. The zero-order valence-corrected chi connectivity index (χ0v) is 9.35. The molecule has 0 heterocycles. The summed E-state index contributed by atoms with van der Waals surface area (Å²) >= 11 is 0.686. The van der Waals surface area contributed by atoms with Crippen LogP contribution >= 0.6 is 11.8 Å². The van der Waals surface area contributed by atoms with Crippen molar-refractivity contribution in [2.75, 3.05) is 0 Å². The predicted molar refractivity (Wildman–Crippen MR) is 55.2 cm³/mol. The molecule has 0 atom stereocenters. The van der Waals surface area contributed by atoms with Crippen LogP contribution in [0.4, 0.5) is 14.5 Å². The molecule has 7 heteroatoms. The molecule has 0 radical (unpaired) electrons. The summed E-state index contributed by atoms with van der Waals surface area (Å²) in [5.74, 6) is -2.80. The molecule has 1 aromatic rings. The van der Waals surface area contributed by atoms with Crippen molar-refractivity contribution in [1.82, 2.24) is 0 Å². The Kier molecular flexibility index (Phi) is 3.49. The van der Waals surface area contributed by atoms with Crippen molar-refractivity contribution in [2.45, 2.75) is 23.7 Å². The lowest BCUT2D eigenvalue weighted by molar-refractivity contribution is -0.390. The molecular weight excluding hydrogens is 240 g/mol. The Labute approximate surface area is 94.4 Å². The number of thioether (sulfide) groups is 1. The molecule has 4 nitrogen and oxygen atoms in total. The summed E-state index contributed by atoms with van der Waals surface area (Å²) in [6, 6.07) is 1.86. The van der Waals surface area contributed by atoms with Crippen LogP contribution in [0.15, 0.2) is 17.0 Å². The van der Waals surface area contributed by atoms with Gasteiger partial charge < -0.3 is 5.11 Å². The maximum atomic E-state index is 13.2. The maximum absolute atomic E-state index is 13.2. The summed E-state index contributed by atoms with van der Waals surface area (Å²) in [6.45, 7) is 2.78. The van der Waals surface area contributed by atoms with Crippen molar-refractivity contribution >= 4 is 17.4 Å². The normalized spacial score (nSPS) is 11.6. The Morgan fingerprint density at radius 2 is 2.00 bits per heavy atom. The molecule has 1 N–H and O–H groups in total. The van der Waals surface area contributed by atoms with Crippen molar-refractivity contribution in [3.05, 3.63) is 33.9 Å². The SMILES string of the molecule is CC(C)(O)Sc1ccc(F)c(F)c1[N+](=O)[O-]. The van der Waals surface area contributed by atoms with Gasteiger partial charge in [-0.15, -0.1) is 0 Å². The number of benzene rings is 1. The number of rotatable bonds is 3. The smallest absolute Gasteiger partial charge is 0.321 e. The molecule has 0 aliphatic heterocycles. The van der Waals surface area contributed by atoms with Gasteiger partial charge >= 0.3 is 5.69 Å². The molecule has 0 spiro atoms. The zero-order chi connectivity index (χ0) is 12.5. The molecule has 0 unspecified atom stereocenters. The van der Waals surface area contributed by atoms with Crippen LogP contribution in [0, 0.1) is 21.7 Å². The lowest BCUT2D eigenvalue weighted by Gasteiger charge is -2.16. The standard InChI is InChI=1S/C9H9F2NO3S/c1-9(2,13)16-6-4-3-5(10)7(11)8(6)12(14)15/h3-4,13H,1-2H3. The number of hydrogen-bond donors (Lipinski definition) is 1.